The lowest BCUT2D eigenvalue weighted by atomic mass is 9.98. The molecule has 0 unspecified atom stereocenters. The summed E-state index contributed by atoms with van der Waals surface area (Å²) in [7, 11) is 4.41. The zero-order chi connectivity index (χ0) is 30.4. The largest absolute Gasteiger partial charge is 0.493 e. The van der Waals surface area contributed by atoms with E-state index in [-0.39, 0.29) is 28.8 Å². The van der Waals surface area contributed by atoms with Crippen LogP contribution in [0, 0.1) is 34.6 Å². The van der Waals surface area contributed by atoms with Gasteiger partial charge in [0, 0.05) is 29.4 Å². The van der Waals surface area contributed by atoms with Crippen molar-refractivity contribution in [3.05, 3.63) is 83.4 Å². The van der Waals surface area contributed by atoms with Crippen LogP contribution in [0.2, 0.25) is 0 Å². The first-order valence-corrected chi connectivity index (χ1v) is 13.3. The van der Waals surface area contributed by atoms with Gasteiger partial charge in [-0.15, -0.1) is 11.8 Å². The van der Waals surface area contributed by atoms with Crippen molar-refractivity contribution in [1.82, 2.24) is 4.98 Å². The molecule has 0 aliphatic heterocycles. The fraction of sp³-hybridized carbons (Fsp3) is 0.167. The predicted molar refractivity (Wildman–Crippen MR) is 150 cm³/mol. The Kier molecular flexibility index (Phi) is 9.54. The molecule has 42 heavy (non-hydrogen) atoms. The SMILES string of the molecule is COc1cc(-c2cc(-c3ccccc3)nc(SCCC(=O)Nc3c(F)c(F)cc(F)c3F)c2C#N)cc(OC)c1OC. The normalized spacial score (nSPS) is 10.6. The van der Waals surface area contributed by atoms with Crippen LogP contribution in [-0.4, -0.2) is 38.0 Å². The summed E-state index contributed by atoms with van der Waals surface area (Å²) in [4.78, 5) is 17.1. The number of nitrogens with one attached hydrogen (secondary N) is 1. The highest BCUT2D eigenvalue weighted by Gasteiger charge is 2.22. The summed E-state index contributed by atoms with van der Waals surface area (Å²) in [5.41, 5.74) is 1.34. The van der Waals surface area contributed by atoms with E-state index in [0.29, 0.717) is 34.1 Å². The number of nitriles is 1. The van der Waals surface area contributed by atoms with Crippen molar-refractivity contribution < 1.29 is 36.6 Å². The van der Waals surface area contributed by atoms with Gasteiger partial charge < -0.3 is 19.5 Å². The highest BCUT2D eigenvalue weighted by Crippen LogP contribution is 2.43. The minimum atomic E-state index is -1.71. The lowest BCUT2D eigenvalue weighted by Crippen LogP contribution is -2.16. The number of halogens is 4. The van der Waals surface area contributed by atoms with E-state index in [1.54, 1.807) is 18.2 Å². The second kappa shape index (κ2) is 13.3. The van der Waals surface area contributed by atoms with E-state index in [1.807, 2.05) is 35.6 Å². The van der Waals surface area contributed by atoms with Crippen molar-refractivity contribution in [1.29, 1.82) is 5.26 Å². The number of nitrogens with zero attached hydrogens (tertiary/aromatic N) is 2. The summed E-state index contributed by atoms with van der Waals surface area (Å²) >= 11 is 1.05. The number of methoxy groups -OCH3 is 3. The lowest BCUT2D eigenvalue weighted by molar-refractivity contribution is -0.115. The minimum Gasteiger partial charge on any atom is -0.493 e. The summed E-state index contributed by atoms with van der Waals surface area (Å²) in [5, 5.41) is 12.3. The summed E-state index contributed by atoms with van der Waals surface area (Å²) in [6, 6.07) is 16.5. The zero-order valence-electron chi connectivity index (χ0n) is 22.6. The molecule has 4 aromatic rings. The molecule has 1 heterocycles. The molecule has 0 spiro atoms. The first-order chi connectivity index (χ1) is 20.2. The Bertz CT molecular complexity index is 1630. The molecular formula is C30H23F4N3O4S. The van der Waals surface area contributed by atoms with Crippen LogP contribution in [0.3, 0.4) is 0 Å². The molecule has 0 atom stereocenters. The number of hydrogen-bond donors (Lipinski definition) is 1. The highest BCUT2D eigenvalue weighted by molar-refractivity contribution is 7.99. The number of pyridine rings is 1. The van der Waals surface area contributed by atoms with Crippen LogP contribution < -0.4 is 19.5 Å². The molecule has 0 radical (unpaired) electrons. The fourth-order valence-electron chi connectivity index (χ4n) is 4.08. The Hall–Kier alpha value is -4.76. The van der Waals surface area contributed by atoms with Crippen LogP contribution >= 0.6 is 11.8 Å². The van der Waals surface area contributed by atoms with Crippen LogP contribution in [0.25, 0.3) is 22.4 Å². The van der Waals surface area contributed by atoms with Gasteiger partial charge in [0.15, 0.2) is 34.8 Å². The Balaban J connectivity index is 1.70. The number of benzene rings is 3. The number of hydrogen-bond acceptors (Lipinski definition) is 7. The van der Waals surface area contributed by atoms with Gasteiger partial charge in [0.25, 0.3) is 0 Å². The summed E-state index contributed by atoms with van der Waals surface area (Å²) in [6.07, 6.45) is -0.316. The molecule has 0 saturated heterocycles. The Morgan fingerprint density at radius 1 is 0.905 bits per heavy atom. The number of carbonyl (C=O) groups is 1. The van der Waals surface area contributed by atoms with E-state index < -0.39 is 34.9 Å². The maximum Gasteiger partial charge on any atom is 0.225 e. The molecule has 1 aromatic heterocycles. The Morgan fingerprint density at radius 2 is 1.52 bits per heavy atom. The lowest BCUT2D eigenvalue weighted by Gasteiger charge is -2.16. The quantitative estimate of drug-likeness (QED) is 0.120. The first-order valence-electron chi connectivity index (χ1n) is 12.3. The van der Waals surface area contributed by atoms with Gasteiger partial charge >= 0.3 is 0 Å². The van der Waals surface area contributed by atoms with Gasteiger partial charge in [-0.25, -0.2) is 22.5 Å². The van der Waals surface area contributed by atoms with Crippen molar-refractivity contribution in [2.24, 2.45) is 0 Å². The number of thioether (sulfide) groups is 1. The van der Waals surface area contributed by atoms with Gasteiger partial charge in [0.1, 0.15) is 16.8 Å². The number of carbonyl (C=O) groups excluding carboxylic acids is 1. The molecular weight excluding hydrogens is 574 g/mol. The second-order valence-corrected chi connectivity index (χ2v) is 9.70. The standard InChI is InChI=1S/C30H23F4N3O4S/c1-39-23-11-17(12-24(40-2)29(23)41-3)18-13-22(16-7-5-4-6-8-16)36-30(19(18)15-35)42-10-9-25(38)37-28-26(33)20(31)14-21(32)27(28)34/h4-8,11-14H,9-10H2,1-3H3,(H,37,38). The molecule has 1 N–H and O–H groups in total. The smallest absolute Gasteiger partial charge is 0.225 e. The molecule has 0 saturated carbocycles. The predicted octanol–water partition coefficient (Wildman–Crippen LogP) is 6.99. The summed E-state index contributed by atoms with van der Waals surface area (Å²) < 4.78 is 71.4. The van der Waals surface area contributed by atoms with Crippen LogP contribution in [0.1, 0.15) is 12.0 Å². The molecule has 3 aromatic carbocycles. The average Bonchev–Trinajstić information content (AvgIpc) is 3.01. The number of rotatable bonds is 10. The summed E-state index contributed by atoms with van der Waals surface area (Å²) in [6.45, 7) is 0. The highest BCUT2D eigenvalue weighted by atomic mass is 32.2. The van der Waals surface area contributed by atoms with Crippen molar-refractivity contribution >= 4 is 23.4 Å². The maximum absolute atomic E-state index is 14.0. The third-order valence-corrected chi connectivity index (χ3v) is 7.06. The van der Waals surface area contributed by atoms with Gasteiger partial charge in [-0.1, -0.05) is 30.3 Å². The van der Waals surface area contributed by atoms with E-state index in [0.717, 1.165) is 17.3 Å². The van der Waals surface area contributed by atoms with Crippen LogP contribution in [0.5, 0.6) is 17.2 Å². The average molecular weight is 598 g/mol. The third-order valence-electron chi connectivity index (χ3n) is 6.09. The van der Waals surface area contributed by atoms with Crippen molar-refractivity contribution in [2.75, 3.05) is 32.4 Å². The molecule has 0 aliphatic carbocycles. The number of aromatic nitrogens is 1. The maximum atomic E-state index is 14.0. The molecule has 216 valence electrons. The summed E-state index contributed by atoms with van der Waals surface area (Å²) in [5.74, 6) is -6.48. The first kappa shape index (κ1) is 30.2. The Morgan fingerprint density at radius 3 is 2.07 bits per heavy atom. The van der Waals surface area contributed by atoms with E-state index in [1.165, 1.54) is 21.3 Å². The molecule has 0 fully saturated rings. The molecule has 1 amide bonds. The van der Waals surface area contributed by atoms with E-state index in [9.17, 15) is 27.6 Å². The zero-order valence-corrected chi connectivity index (χ0v) is 23.4. The van der Waals surface area contributed by atoms with Crippen molar-refractivity contribution in [2.45, 2.75) is 11.4 Å². The van der Waals surface area contributed by atoms with E-state index >= 15 is 0 Å². The fourth-order valence-corrected chi connectivity index (χ4v) is 5.02. The van der Waals surface area contributed by atoms with Crippen LogP contribution in [0.15, 0.2) is 59.6 Å². The molecule has 12 heteroatoms. The molecule has 4 rings (SSSR count). The number of ether oxygens (including phenoxy) is 3. The minimum absolute atomic E-state index is 0.0154. The number of anilines is 1. The molecule has 0 bridgehead atoms. The van der Waals surface area contributed by atoms with Gasteiger partial charge in [-0.2, -0.15) is 5.26 Å². The monoisotopic (exact) mass is 597 g/mol. The van der Waals surface area contributed by atoms with Crippen LogP contribution in [-0.2, 0) is 4.79 Å². The second-order valence-electron chi connectivity index (χ2n) is 8.62. The van der Waals surface area contributed by atoms with E-state index in [4.69, 9.17) is 14.2 Å². The van der Waals surface area contributed by atoms with Crippen molar-refractivity contribution in [3.63, 3.8) is 0 Å². The molecule has 0 aliphatic rings. The van der Waals surface area contributed by atoms with Crippen molar-refractivity contribution in [3.8, 4) is 45.7 Å². The van der Waals surface area contributed by atoms with Gasteiger partial charge in [0.05, 0.1) is 32.6 Å². The van der Waals surface area contributed by atoms with Gasteiger partial charge in [0.2, 0.25) is 11.7 Å². The third kappa shape index (κ3) is 6.26. The topological polar surface area (TPSA) is 93.5 Å². The van der Waals surface area contributed by atoms with Gasteiger partial charge in [-0.3, -0.25) is 4.79 Å². The number of amides is 1. The van der Waals surface area contributed by atoms with Crippen LogP contribution in [0.4, 0.5) is 23.2 Å². The Labute approximate surface area is 243 Å². The molecule has 7 nitrogen and oxygen atoms in total. The van der Waals surface area contributed by atoms with E-state index in [2.05, 4.69) is 11.1 Å². The van der Waals surface area contributed by atoms with Gasteiger partial charge in [-0.05, 0) is 23.8 Å².